The van der Waals surface area contributed by atoms with Gasteiger partial charge in [-0.25, -0.2) is 4.98 Å². The predicted octanol–water partition coefficient (Wildman–Crippen LogP) is 2.39. The van der Waals surface area contributed by atoms with E-state index in [1.165, 1.54) is 0 Å². The van der Waals surface area contributed by atoms with Crippen molar-refractivity contribution in [2.24, 2.45) is 0 Å². The highest BCUT2D eigenvalue weighted by molar-refractivity contribution is 6.37. The number of nitrogens with zero attached hydrogens (tertiary/aromatic N) is 6. The Hall–Kier alpha value is -2.36. The number of halogens is 1. The average Bonchev–Trinajstić information content (AvgIpc) is 3.46. The van der Waals surface area contributed by atoms with Gasteiger partial charge in [0.2, 0.25) is 0 Å². The highest BCUT2D eigenvalue weighted by Crippen LogP contribution is 2.45. The van der Waals surface area contributed by atoms with Crippen molar-refractivity contribution in [2.45, 2.75) is 37.9 Å². The fourth-order valence-corrected chi connectivity index (χ4v) is 5.37. The molecular formula is C20H24ClN7O2. The predicted molar refractivity (Wildman–Crippen MR) is 114 cm³/mol. The van der Waals surface area contributed by atoms with Gasteiger partial charge in [0.05, 0.1) is 62.0 Å². The summed E-state index contributed by atoms with van der Waals surface area (Å²) in [6.07, 6.45) is 5.77. The standard InChI is InChI=1S/C20H24ClN7O2/c1-12-9-29-7-6-26(12)18-15-8-23-28(16-4-5-22-25-16)19(15)24-20(17(18)21)27-13-2-3-14(27)11-30-10-13/h4-5,8,12-14H,2-3,6-7,9-11H2,1H3,(H,22,25)/t12-,13?,14?/m1/s1. The van der Waals surface area contributed by atoms with Gasteiger partial charge in [0.1, 0.15) is 5.02 Å². The first-order valence-electron chi connectivity index (χ1n) is 10.5. The normalized spacial score (nSPS) is 26.7. The van der Waals surface area contributed by atoms with Crippen molar-refractivity contribution in [2.75, 3.05) is 42.8 Å². The molecule has 30 heavy (non-hydrogen) atoms. The number of rotatable bonds is 3. The molecule has 3 saturated heterocycles. The topological polar surface area (TPSA) is 84.3 Å². The number of morpholine rings is 2. The van der Waals surface area contributed by atoms with E-state index in [2.05, 4.69) is 32.0 Å². The molecule has 3 fully saturated rings. The molecule has 2 unspecified atom stereocenters. The molecule has 3 aromatic heterocycles. The number of aromatic nitrogens is 5. The van der Waals surface area contributed by atoms with Crippen molar-refractivity contribution in [1.82, 2.24) is 25.0 Å². The minimum Gasteiger partial charge on any atom is -0.377 e. The molecule has 0 aliphatic carbocycles. The molecule has 3 aromatic rings. The summed E-state index contributed by atoms with van der Waals surface area (Å²) in [7, 11) is 0. The van der Waals surface area contributed by atoms with Gasteiger partial charge >= 0.3 is 0 Å². The number of anilines is 2. The van der Waals surface area contributed by atoms with E-state index in [0.717, 1.165) is 61.0 Å². The minimum absolute atomic E-state index is 0.214. The maximum absolute atomic E-state index is 7.13. The molecule has 0 aromatic carbocycles. The van der Waals surface area contributed by atoms with Crippen LogP contribution in [0.3, 0.4) is 0 Å². The van der Waals surface area contributed by atoms with Crippen molar-refractivity contribution in [3.05, 3.63) is 23.5 Å². The lowest BCUT2D eigenvalue weighted by atomic mass is 10.1. The van der Waals surface area contributed by atoms with Crippen LogP contribution in [0.15, 0.2) is 18.5 Å². The summed E-state index contributed by atoms with van der Waals surface area (Å²) in [6, 6.07) is 2.72. The molecule has 10 heteroatoms. The van der Waals surface area contributed by atoms with Crippen molar-refractivity contribution in [3.63, 3.8) is 0 Å². The fraction of sp³-hybridized carbons (Fsp3) is 0.550. The van der Waals surface area contributed by atoms with Gasteiger partial charge in [-0.2, -0.15) is 14.9 Å². The van der Waals surface area contributed by atoms with E-state index in [9.17, 15) is 0 Å². The zero-order valence-electron chi connectivity index (χ0n) is 16.8. The molecule has 6 heterocycles. The molecule has 0 saturated carbocycles. The number of hydrogen-bond acceptors (Lipinski definition) is 7. The van der Waals surface area contributed by atoms with Crippen LogP contribution < -0.4 is 9.80 Å². The van der Waals surface area contributed by atoms with Crippen LogP contribution in [0, 0.1) is 0 Å². The third-order valence-corrected chi connectivity index (χ3v) is 6.82. The van der Waals surface area contributed by atoms with Gasteiger partial charge in [-0.15, -0.1) is 0 Å². The lowest BCUT2D eigenvalue weighted by molar-refractivity contribution is 0.0902. The molecule has 0 spiro atoms. The van der Waals surface area contributed by atoms with E-state index in [0.29, 0.717) is 30.3 Å². The van der Waals surface area contributed by atoms with Gasteiger partial charge in [0.25, 0.3) is 0 Å². The van der Waals surface area contributed by atoms with E-state index in [4.69, 9.17) is 26.1 Å². The second kappa shape index (κ2) is 7.11. The molecule has 1 N–H and O–H groups in total. The number of H-pyrrole nitrogens is 1. The Morgan fingerprint density at radius 2 is 2.00 bits per heavy atom. The van der Waals surface area contributed by atoms with Gasteiger partial charge in [-0.05, 0) is 19.8 Å². The van der Waals surface area contributed by atoms with E-state index >= 15 is 0 Å². The van der Waals surface area contributed by atoms with Crippen molar-refractivity contribution in [1.29, 1.82) is 0 Å². The van der Waals surface area contributed by atoms with Crippen LogP contribution in [-0.2, 0) is 9.47 Å². The SMILES string of the molecule is C[C@@H]1COCCN1c1c(Cl)c(N2C3CCC2COC3)nc2c1cnn2-c1ccn[nH]1. The van der Waals surface area contributed by atoms with Gasteiger partial charge in [-0.1, -0.05) is 11.6 Å². The first-order valence-corrected chi connectivity index (χ1v) is 10.9. The van der Waals surface area contributed by atoms with Gasteiger partial charge in [-0.3, -0.25) is 5.10 Å². The number of pyridine rings is 1. The molecule has 2 bridgehead atoms. The first kappa shape index (κ1) is 18.4. The Labute approximate surface area is 178 Å². The van der Waals surface area contributed by atoms with Crippen LogP contribution >= 0.6 is 11.6 Å². The van der Waals surface area contributed by atoms with Gasteiger partial charge < -0.3 is 19.3 Å². The number of hydrogen-bond donors (Lipinski definition) is 1. The first-order chi connectivity index (χ1) is 14.7. The van der Waals surface area contributed by atoms with Crippen LogP contribution in [-0.4, -0.2) is 76.1 Å². The lowest BCUT2D eigenvalue weighted by Crippen LogP contribution is -2.47. The lowest BCUT2D eigenvalue weighted by Gasteiger charge is -2.39. The average molecular weight is 430 g/mol. The Morgan fingerprint density at radius 3 is 2.73 bits per heavy atom. The third kappa shape index (κ3) is 2.72. The summed E-state index contributed by atoms with van der Waals surface area (Å²) >= 11 is 7.13. The molecule has 9 nitrogen and oxygen atoms in total. The van der Waals surface area contributed by atoms with Crippen molar-refractivity contribution in [3.8, 4) is 5.82 Å². The van der Waals surface area contributed by atoms with Crippen molar-refractivity contribution < 1.29 is 9.47 Å². The molecule has 6 rings (SSSR count). The second-order valence-corrected chi connectivity index (χ2v) is 8.66. The van der Waals surface area contributed by atoms with Crippen LogP contribution in [0.1, 0.15) is 19.8 Å². The Morgan fingerprint density at radius 1 is 1.17 bits per heavy atom. The quantitative estimate of drug-likeness (QED) is 0.684. The Bertz CT molecular complexity index is 1050. The number of aromatic amines is 1. The summed E-state index contributed by atoms with van der Waals surface area (Å²) in [5, 5.41) is 13.3. The number of nitrogens with one attached hydrogen (secondary N) is 1. The zero-order chi connectivity index (χ0) is 20.2. The molecule has 3 aliphatic rings. The second-order valence-electron chi connectivity index (χ2n) is 8.28. The summed E-state index contributed by atoms with van der Waals surface area (Å²) in [4.78, 5) is 9.78. The Kier molecular flexibility index (Phi) is 4.36. The molecule has 0 radical (unpaired) electrons. The summed E-state index contributed by atoms with van der Waals surface area (Å²) in [6.45, 7) is 5.74. The van der Waals surface area contributed by atoms with Crippen LogP contribution in [0.25, 0.3) is 16.9 Å². The fourth-order valence-electron chi connectivity index (χ4n) is 5.02. The highest BCUT2D eigenvalue weighted by Gasteiger charge is 2.40. The maximum Gasteiger partial charge on any atom is 0.169 e. The molecule has 3 atom stereocenters. The van der Waals surface area contributed by atoms with E-state index in [-0.39, 0.29) is 6.04 Å². The van der Waals surface area contributed by atoms with E-state index < -0.39 is 0 Å². The number of ether oxygens (including phenoxy) is 2. The minimum atomic E-state index is 0.214. The molecular weight excluding hydrogens is 406 g/mol. The summed E-state index contributed by atoms with van der Waals surface area (Å²) in [5.41, 5.74) is 1.77. The molecule has 3 aliphatic heterocycles. The molecule has 0 amide bonds. The maximum atomic E-state index is 7.13. The van der Waals surface area contributed by atoms with Crippen LogP contribution in [0.5, 0.6) is 0 Å². The Balaban J connectivity index is 1.58. The van der Waals surface area contributed by atoms with Gasteiger partial charge in [0, 0.05) is 18.7 Å². The highest BCUT2D eigenvalue weighted by atomic mass is 35.5. The monoisotopic (exact) mass is 429 g/mol. The van der Waals surface area contributed by atoms with Crippen LogP contribution in [0.4, 0.5) is 11.5 Å². The zero-order valence-corrected chi connectivity index (χ0v) is 17.5. The van der Waals surface area contributed by atoms with Crippen LogP contribution in [0.2, 0.25) is 5.02 Å². The third-order valence-electron chi connectivity index (χ3n) is 6.47. The van der Waals surface area contributed by atoms with E-state index in [1.807, 2.05) is 12.3 Å². The largest absolute Gasteiger partial charge is 0.377 e. The molecule has 158 valence electrons. The number of fused-ring (bicyclic) bond motifs is 3. The summed E-state index contributed by atoms with van der Waals surface area (Å²) in [5.74, 6) is 1.60. The van der Waals surface area contributed by atoms with E-state index in [1.54, 1.807) is 10.9 Å². The van der Waals surface area contributed by atoms with Crippen molar-refractivity contribution >= 4 is 34.1 Å². The summed E-state index contributed by atoms with van der Waals surface area (Å²) < 4.78 is 13.3. The van der Waals surface area contributed by atoms with Gasteiger partial charge in [0.15, 0.2) is 17.3 Å². The smallest absolute Gasteiger partial charge is 0.169 e.